The molecule has 2 aliphatic rings. The van der Waals surface area contributed by atoms with E-state index in [2.05, 4.69) is 4.72 Å². The number of nitrogens with two attached hydrogens (primary N) is 1. The maximum Gasteiger partial charge on any atom is 0.214 e. The number of sulfonamides is 1. The summed E-state index contributed by atoms with van der Waals surface area (Å²) in [6.07, 6.45) is 5.49. The molecule has 1 aliphatic carbocycles. The molecule has 18 heavy (non-hydrogen) atoms. The molecule has 2 rings (SSSR count). The standard InChI is InChI=1S/C11H22N2O3S.ClH/c12-9-11(5-1-2-6-11)13-17(14,15)8-10-4-3-7-16-10;/h10,13H,1-9,12H2;1H. The number of rotatable bonds is 5. The Balaban J connectivity index is 0.00000162. The zero-order valence-electron chi connectivity index (χ0n) is 10.6. The van der Waals surface area contributed by atoms with Gasteiger partial charge in [0.05, 0.1) is 11.9 Å². The van der Waals surface area contributed by atoms with E-state index in [1.54, 1.807) is 0 Å². The summed E-state index contributed by atoms with van der Waals surface area (Å²) in [5.74, 6) is 0.0781. The van der Waals surface area contributed by atoms with Crippen molar-refractivity contribution in [2.75, 3.05) is 18.9 Å². The molecule has 1 heterocycles. The molecule has 1 saturated heterocycles. The molecule has 3 N–H and O–H groups in total. The van der Waals surface area contributed by atoms with Crippen LogP contribution in [-0.4, -0.2) is 39.0 Å². The van der Waals surface area contributed by atoms with E-state index in [1.807, 2.05) is 0 Å². The smallest absolute Gasteiger partial charge is 0.214 e. The van der Waals surface area contributed by atoms with Crippen LogP contribution in [0.2, 0.25) is 0 Å². The van der Waals surface area contributed by atoms with Crippen LogP contribution in [0, 0.1) is 0 Å². The van der Waals surface area contributed by atoms with Crippen LogP contribution in [0.25, 0.3) is 0 Å². The Kier molecular flexibility index (Phi) is 5.86. The molecule has 0 amide bonds. The Morgan fingerprint density at radius 3 is 2.44 bits per heavy atom. The Bertz CT molecular complexity index is 349. The van der Waals surface area contributed by atoms with Gasteiger partial charge >= 0.3 is 0 Å². The normalized spacial score (nSPS) is 27.1. The second-order valence-corrected chi connectivity index (χ2v) is 6.98. The molecular weight excluding hydrogens is 276 g/mol. The predicted octanol–water partition coefficient (Wildman–Crippen LogP) is 0.778. The molecule has 5 nitrogen and oxygen atoms in total. The summed E-state index contributed by atoms with van der Waals surface area (Å²) in [6.45, 7) is 1.07. The van der Waals surface area contributed by atoms with Crippen LogP contribution in [0.3, 0.4) is 0 Å². The lowest BCUT2D eigenvalue weighted by atomic mass is 10.0. The van der Waals surface area contributed by atoms with Crippen LogP contribution < -0.4 is 10.5 Å². The lowest BCUT2D eigenvalue weighted by molar-refractivity contribution is 0.127. The average molecular weight is 299 g/mol. The fourth-order valence-electron chi connectivity index (χ4n) is 2.79. The van der Waals surface area contributed by atoms with Crippen molar-refractivity contribution < 1.29 is 13.2 Å². The third-order valence-electron chi connectivity index (χ3n) is 3.75. The molecule has 2 fully saturated rings. The highest BCUT2D eigenvalue weighted by molar-refractivity contribution is 7.89. The van der Waals surface area contributed by atoms with E-state index in [9.17, 15) is 8.42 Å². The first-order chi connectivity index (χ1) is 8.05. The van der Waals surface area contributed by atoms with Crippen molar-refractivity contribution in [1.82, 2.24) is 4.72 Å². The van der Waals surface area contributed by atoms with Gasteiger partial charge in [-0.05, 0) is 25.7 Å². The summed E-state index contributed by atoms with van der Waals surface area (Å²) in [6, 6.07) is 0. The Morgan fingerprint density at radius 2 is 1.94 bits per heavy atom. The maximum absolute atomic E-state index is 12.1. The largest absolute Gasteiger partial charge is 0.377 e. The lowest BCUT2D eigenvalue weighted by Crippen LogP contribution is -2.53. The van der Waals surface area contributed by atoms with Gasteiger partial charge in [0, 0.05) is 18.7 Å². The van der Waals surface area contributed by atoms with Crippen LogP contribution in [0.4, 0.5) is 0 Å². The van der Waals surface area contributed by atoms with Crippen LogP contribution in [0.1, 0.15) is 38.5 Å². The Labute approximate surface area is 115 Å². The van der Waals surface area contributed by atoms with E-state index in [1.165, 1.54) is 0 Å². The van der Waals surface area contributed by atoms with Gasteiger partial charge in [0.1, 0.15) is 0 Å². The molecule has 0 spiro atoms. The van der Waals surface area contributed by atoms with Crippen molar-refractivity contribution in [3.05, 3.63) is 0 Å². The Morgan fingerprint density at radius 1 is 1.28 bits per heavy atom. The first kappa shape index (κ1) is 16.2. The van der Waals surface area contributed by atoms with Gasteiger partial charge in [-0.25, -0.2) is 13.1 Å². The fourth-order valence-corrected chi connectivity index (χ4v) is 4.57. The third kappa shape index (κ3) is 4.06. The maximum atomic E-state index is 12.1. The van der Waals surface area contributed by atoms with Crippen LogP contribution in [-0.2, 0) is 14.8 Å². The molecule has 0 aromatic rings. The van der Waals surface area contributed by atoms with Crippen LogP contribution in [0.15, 0.2) is 0 Å². The summed E-state index contributed by atoms with van der Waals surface area (Å²) in [7, 11) is -3.27. The highest BCUT2D eigenvalue weighted by Crippen LogP contribution is 2.29. The molecule has 0 bridgehead atoms. The van der Waals surface area contributed by atoms with Gasteiger partial charge in [0.15, 0.2) is 0 Å². The van der Waals surface area contributed by atoms with Gasteiger partial charge in [-0.2, -0.15) is 0 Å². The van der Waals surface area contributed by atoms with Crippen molar-refractivity contribution in [3.8, 4) is 0 Å². The zero-order valence-corrected chi connectivity index (χ0v) is 12.2. The van der Waals surface area contributed by atoms with Gasteiger partial charge in [0.2, 0.25) is 10.0 Å². The topological polar surface area (TPSA) is 81.4 Å². The van der Waals surface area contributed by atoms with Crippen molar-refractivity contribution in [3.63, 3.8) is 0 Å². The molecule has 0 radical (unpaired) electrons. The molecule has 0 aromatic heterocycles. The summed E-state index contributed by atoms with van der Waals surface area (Å²) >= 11 is 0. The van der Waals surface area contributed by atoms with Crippen LogP contribution in [0.5, 0.6) is 0 Å². The van der Waals surface area contributed by atoms with Crippen molar-refractivity contribution in [2.45, 2.75) is 50.2 Å². The molecule has 1 atom stereocenters. The first-order valence-electron chi connectivity index (χ1n) is 6.39. The number of hydrogen-bond acceptors (Lipinski definition) is 4. The van der Waals surface area contributed by atoms with Gasteiger partial charge in [-0.15, -0.1) is 12.4 Å². The fraction of sp³-hybridized carbons (Fsp3) is 1.00. The third-order valence-corrected chi connectivity index (χ3v) is 5.31. The molecule has 1 saturated carbocycles. The van der Waals surface area contributed by atoms with Crippen molar-refractivity contribution in [2.24, 2.45) is 5.73 Å². The first-order valence-corrected chi connectivity index (χ1v) is 8.04. The minimum absolute atomic E-state index is 0. The molecule has 1 unspecified atom stereocenters. The highest BCUT2D eigenvalue weighted by Gasteiger charge is 2.37. The van der Waals surface area contributed by atoms with E-state index >= 15 is 0 Å². The van der Waals surface area contributed by atoms with Crippen molar-refractivity contribution >= 4 is 22.4 Å². The second-order valence-electron chi connectivity index (χ2n) is 5.21. The number of ether oxygens (including phenoxy) is 1. The van der Waals surface area contributed by atoms with Crippen LogP contribution >= 0.6 is 12.4 Å². The number of nitrogens with one attached hydrogen (secondary N) is 1. The zero-order chi connectivity index (χ0) is 12.4. The summed E-state index contributed by atoms with van der Waals surface area (Å²) in [5.41, 5.74) is 5.33. The lowest BCUT2D eigenvalue weighted by Gasteiger charge is -2.28. The van der Waals surface area contributed by atoms with Gasteiger partial charge in [-0.1, -0.05) is 12.8 Å². The SMILES string of the molecule is Cl.NCC1(NS(=O)(=O)CC2CCCO2)CCCC1. The highest BCUT2D eigenvalue weighted by atomic mass is 35.5. The van der Waals surface area contributed by atoms with E-state index in [4.69, 9.17) is 10.5 Å². The number of halogens is 1. The minimum atomic E-state index is -3.27. The average Bonchev–Trinajstić information content (AvgIpc) is 2.89. The van der Waals surface area contributed by atoms with Gasteiger partial charge in [-0.3, -0.25) is 0 Å². The van der Waals surface area contributed by atoms with E-state index in [0.29, 0.717) is 13.2 Å². The monoisotopic (exact) mass is 298 g/mol. The second kappa shape index (κ2) is 6.52. The van der Waals surface area contributed by atoms with E-state index in [-0.39, 0.29) is 24.3 Å². The molecule has 0 aromatic carbocycles. The predicted molar refractivity (Wildman–Crippen MR) is 73.4 cm³/mol. The molecular formula is C11H23ClN2O3S. The molecule has 1 aliphatic heterocycles. The Hall–Kier alpha value is 0.120. The summed E-state index contributed by atoms with van der Waals surface area (Å²) < 4.78 is 32.3. The van der Waals surface area contributed by atoms with Gasteiger partial charge < -0.3 is 10.5 Å². The van der Waals surface area contributed by atoms with E-state index < -0.39 is 15.6 Å². The summed E-state index contributed by atoms with van der Waals surface area (Å²) in [5, 5.41) is 0. The minimum Gasteiger partial charge on any atom is -0.377 e. The quantitative estimate of drug-likeness (QED) is 0.786. The summed E-state index contributed by atoms with van der Waals surface area (Å²) in [4.78, 5) is 0. The van der Waals surface area contributed by atoms with Crippen molar-refractivity contribution in [1.29, 1.82) is 0 Å². The van der Waals surface area contributed by atoms with Gasteiger partial charge in [0.25, 0.3) is 0 Å². The number of hydrogen-bond donors (Lipinski definition) is 2. The molecule has 7 heteroatoms. The molecule has 108 valence electrons. The van der Waals surface area contributed by atoms with E-state index in [0.717, 1.165) is 38.5 Å².